The van der Waals surface area contributed by atoms with Gasteiger partial charge in [0.05, 0.1) is 5.56 Å². The average molecular weight is 439 g/mol. The number of aromatic nitrogens is 3. The summed E-state index contributed by atoms with van der Waals surface area (Å²) in [6, 6.07) is 5.04. The largest absolute Gasteiger partial charge is 0.347 e. The van der Waals surface area contributed by atoms with E-state index < -0.39 is 5.91 Å². The first kappa shape index (κ1) is 20.8. The van der Waals surface area contributed by atoms with Crippen LogP contribution in [0, 0.1) is 23.6 Å². The zero-order valence-corrected chi connectivity index (χ0v) is 18.0. The summed E-state index contributed by atoms with van der Waals surface area (Å²) >= 11 is 0. The Morgan fingerprint density at radius 2 is 2.00 bits per heavy atom. The molecule has 1 aliphatic carbocycles. The minimum Gasteiger partial charge on any atom is -0.347 e. The van der Waals surface area contributed by atoms with Crippen molar-refractivity contribution in [2.24, 2.45) is 17.8 Å². The van der Waals surface area contributed by atoms with Crippen LogP contribution in [0.25, 0.3) is 10.9 Å². The lowest BCUT2D eigenvalue weighted by atomic mass is 10.1. The van der Waals surface area contributed by atoms with Gasteiger partial charge in [-0.1, -0.05) is 6.92 Å². The number of halogens is 1. The quantitative estimate of drug-likeness (QED) is 0.370. The summed E-state index contributed by atoms with van der Waals surface area (Å²) in [4.78, 5) is 22.1. The number of carbonyl (C=O) groups is 1. The van der Waals surface area contributed by atoms with Gasteiger partial charge in [-0.15, -0.1) is 0 Å². The van der Waals surface area contributed by atoms with Gasteiger partial charge < -0.3 is 14.8 Å². The number of nitrogens with zero attached hydrogens (tertiary/aromatic N) is 4. The van der Waals surface area contributed by atoms with Crippen molar-refractivity contribution in [1.29, 1.82) is 0 Å². The molecule has 2 aliphatic rings. The van der Waals surface area contributed by atoms with Crippen LogP contribution in [-0.2, 0) is 13.1 Å². The molecular formula is C23H27FN6O2. The molecule has 9 heteroatoms. The van der Waals surface area contributed by atoms with Crippen LogP contribution in [0.5, 0.6) is 0 Å². The Balaban J connectivity index is 1.15. The molecule has 0 bridgehead atoms. The maximum absolute atomic E-state index is 13.8. The van der Waals surface area contributed by atoms with Crippen LogP contribution in [0.15, 0.2) is 36.8 Å². The van der Waals surface area contributed by atoms with Gasteiger partial charge in [-0.3, -0.25) is 10.0 Å². The second-order valence-electron chi connectivity index (χ2n) is 8.75. The van der Waals surface area contributed by atoms with Crippen molar-refractivity contribution in [3.8, 4) is 0 Å². The van der Waals surface area contributed by atoms with Crippen LogP contribution in [0.2, 0.25) is 0 Å². The van der Waals surface area contributed by atoms with Gasteiger partial charge in [0.2, 0.25) is 5.95 Å². The average Bonchev–Trinajstić information content (AvgIpc) is 3.11. The summed E-state index contributed by atoms with van der Waals surface area (Å²) in [5.41, 5.74) is 4.04. The number of rotatable bonds is 8. The molecular weight excluding hydrogens is 411 g/mol. The fraction of sp³-hybridized carbons (Fsp3) is 0.435. The molecule has 3 heterocycles. The molecule has 1 aliphatic heterocycles. The van der Waals surface area contributed by atoms with E-state index >= 15 is 0 Å². The predicted molar refractivity (Wildman–Crippen MR) is 118 cm³/mol. The van der Waals surface area contributed by atoms with Crippen LogP contribution in [0.3, 0.4) is 0 Å². The van der Waals surface area contributed by atoms with Crippen molar-refractivity contribution in [3.63, 3.8) is 0 Å². The number of hydroxylamine groups is 1. The molecule has 3 aromatic rings. The Morgan fingerprint density at radius 3 is 2.69 bits per heavy atom. The Morgan fingerprint density at radius 1 is 1.25 bits per heavy atom. The molecule has 5 rings (SSSR count). The summed E-state index contributed by atoms with van der Waals surface area (Å²) in [5.74, 6) is 1.66. The number of benzene rings is 1. The number of carbonyl (C=O) groups excluding carboxylic acids is 1. The molecule has 32 heavy (non-hydrogen) atoms. The third-order valence-electron chi connectivity index (χ3n) is 6.74. The van der Waals surface area contributed by atoms with Gasteiger partial charge in [0.25, 0.3) is 5.91 Å². The Hall–Kier alpha value is -3.04. The molecule has 0 spiro atoms. The standard InChI is InChI=1S/C23H27FN6O2/c1-2-5-29-11-15(17-6-16(24)3-4-21(17)29)7-25-10-18-19-12-30(13-20(18)19)23-26-8-14(9-27-23)22(31)28-32/h3-4,6,8-9,11,18-20,25,32H,2,5,7,10,12-13H2,1H3,(H,28,31). The van der Waals surface area contributed by atoms with Crippen LogP contribution in [-0.4, -0.2) is 45.3 Å². The first-order valence-corrected chi connectivity index (χ1v) is 11.1. The topological polar surface area (TPSA) is 95.3 Å². The molecule has 0 radical (unpaired) electrons. The van der Waals surface area contributed by atoms with E-state index in [2.05, 4.69) is 37.9 Å². The molecule has 2 atom stereocenters. The fourth-order valence-corrected chi connectivity index (χ4v) is 5.07. The van der Waals surface area contributed by atoms with E-state index in [0.717, 1.165) is 55.6 Å². The van der Waals surface area contributed by atoms with Gasteiger partial charge in [0.1, 0.15) is 5.82 Å². The molecule has 168 valence electrons. The highest BCUT2D eigenvalue weighted by molar-refractivity contribution is 5.92. The molecule has 2 unspecified atom stereocenters. The summed E-state index contributed by atoms with van der Waals surface area (Å²) in [5, 5.41) is 13.3. The van der Waals surface area contributed by atoms with Crippen LogP contribution in [0.1, 0.15) is 29.3 Å². The third-order valence-corrected chi connectivity index (χ3v) is 6.74. The monoisotopic (exact) mass is 438 g/mol. The molecule has 8 nitrogen and oxygen atoms in total. The molecule has 2 fully saturated rings. The highest BCUT2D eigenvalue weighted by Crippen LogP contribution is 2.51. The maximum Gasteiger partial charge on any atom is 0.277 e. The van der Waals surface area contributed by atoms with E-state index in [1.165, 1.54) is 18.5 Å². The van der Waals surface area contributed by atoms with E-state index in [-0.39, 0.29) is 11.4 Å². The lowest BCUT2D eigenvalue weighted by Crippen LogP contribution is -2.29. The number of nitrogens with one attached hydrogen (secondary N) is 2. The highest BCUT2D eigenvalue weighted by Gasteiger charge is 2.55. The lowest BCUT2D eigenvalue weighted by Gasteiger charge is -2.19. The van der Waals surface area contributed by atoms with Crippen molar-refractivity contribution in [2.45, 2.75) is 26.4 Å². The maximum atomic E-state index is 13.8. The molecule has 1 saturated carbocycles. The molecule has 1 amide bonds. The van der Waals surface area contributed by atoms with Crippen molar-refractivity contribution in [3.05, 3.63) is 53.7 Å². The number of aryl methyl sites for hydroxylation is 1. The lowest BCUT2D eigenvalue weighted by molar-refractivity contribution is 0.0705. The van der Waals surface area contributed by atoms with Gasteiger partial charge in [-0.05, 0) is 54.5 Å². The van der Waals surface area contributed by atoms with Gasteiger partial charge in [-0.2, -0.15) is 0 Å². The molecule has 1 saturated heterocycles. The zero-order valence-electron chi connectivity index (χ0n) is 18.0. The third kappa shape index (κ3) is 3.82. The van der Waals surface area contributed by atoms with E-state index in [0.29, 0.717) is 23.7 Å². The summed E-state index contributed by atoms with van der Waals surface area (Å²) < 4.78 is 16.0. The number of hydrogen-bond acceptors (Lipinski definition) is 6. The first-order valence-electron chi connectivity index (χ1n) is 11.1. The van der Waals surface area contributed by atoms with Crippen LogP contribution < -0.4 is 15.7 Å². The van der Waals surface area contributed by atoms with Crippen LogP contribution >= 0.6 is 0 Å². The second kappa shape index (κ2) is 8.48. The Labute approximate surface area is 185 Å². The molecule has 1 aromatic carbocycles. The number of hydrogen-bond donors (Lipinski definition) is 3. The van der Waals surface area contributed by atoms with Gasteiger partial charge in [0.15, 0.2) is 0 Å². The van der Waals surface area contributed by atoms with Crippen molar-refractivity contribution >= 4 is 22.8 Å². The number of piperidine rings is 1. The predicted octanol–water partition coefficient (Wildman–Crippen LogP) is 2.57. The minimum atomic E-state index is -0.618. The Kier molecular flexibility index (Phi) is 5.52. The van der Waals surface area contributed by atoms with E-state index in [4.69, 9.17) is 5.21 Å². The van der Waals surface area contributed by atoms with Crippen molar-refractivity contribution < 1.29 is 14.4 Å². The fourth-order valence-electron chi connectivity index (χ4n) is 5.07. The van der Waals surface area contributed by atoms with Crippen LogP contribution in [0.4, 0.5) is 10.3 Å². The number of fused-ring (bicyclic) bond motifs is 2. The number of anilines is 1. The normalized spacial score (nSPS) is 21.7. The molecule has 2 aromatic heterocycles. The van der Waals surface area contributed by atoms with E-state index in [1.54, 1.807) is 11.5 Å². The van der Waals surface area contributed by atoms with Gasteiger partial charge in [0, 0.05) is 55.7 Å². The Bertz CT molecular complexity index is 1120. The van der Waals surface area contributed by atoms with Crippen molar-refractivity contribution in [2.75, 3.05) is 24.5 Å². The van der Waals surface area contributed by atoms with Crippen molar-refractivity contribution in [1.82, 2.24) is 25.3 Å². The molecule has 3 N–H and O–H groups in total. The summed E-state index contributed by atoms with van der Waals surface area (Å²) in [6.07, 6.45) is 6.04. The highest BCUT2D eigenvalue weighted by atomic mass is 19.1. The summed E-state index contributed by atoms with van der Waals surface area (Å²) in [7, 11) is 0. The second-order valence-corrected chi connectivity index (χ2v) is 8.75. The van der Waals surface area contributed by atoms with Gasteiger partial charge in [-0.25, -0.2) is 19.8 Å². The van der Waals surface area contributed by atoms with E-state index in [9.17, 15) is 9.18 Å². The number of amides is 1. The zero-order chi connectivity index (χ0) is 22.2. The SMILES string of the molecule is CCCn1cc(CNCC2C3CN(c4ncc(C(=O)NO)cn4)CC23)c2cc(F)ccc21. The summed E-state index contributed by atoms with van der Waals surface area (Å²) in [6.45, 7) is 6.56. The van der Waals surface area contributed by atoms with E-state index in [1.807, 2.05) is 6.07 Å². The minimum absolute atomic E-state index is 0.197. The first-order chi connectivity index (χ1) is 15.6. The van der Waals surface area contributed by atoms with Gasteiger partial charge >= 0.3 is 0 Å². The smallest absolute Gasteiger partial charge is 0.277 e.